The third-order valence-corrected chi connectivity index (χ3v) is 5.50. The van der Waals surface area contributed by atoms with Crippen molar-refractivity contribution in [3.63, 3.8) is 0 Å². The maximum Gasteiger partial charge on any atom is 0.228 e. The molecule has 142 valence electrons. The van der Waals surface area contributed by atoms with Crippen molar-refractivity contribution < 1.29 is 9.21 Å². The molecule has 0 radical (unpaired) electrons. The van der Waals surface area contributed by atoms with Gasteiger partial charge in [-0.15, -0.1) is 0 Å². The van der Waals surface area contributed by atoms with Gasteiger partial charge in [0, 0.05) is 18.5 Å². The third-order valence-electron chi connectivity index (χ3n) is 5.50. The molecule has 1 saturated carbocycles. The SMILES string of the molecule is CC(C)[C@@H]1CC[C@@H](C)C[C@H]1C(=O)Nc1cc(-c2ccco2)nn1CCN. The first-order valence-electron chi connectivity index (χ1n) is 9.62. The van der Waals surface area contributed by atoms with E-state index in [9.17, 15) is 4.79 Å². The van der Waals surface area contributed by atoms with E-state index in [0.717, 1.165) is 12.8 Å². The average Bonchev–Trinajstić information content (AvgIpc) is 3.25. The van der Waals surface area contributed by atoms with Gasteiger partial charge in [-0.1, -0.05) is 27.2 Å². The Morgan fingerprint density at radius 3 is 2.92 bits per heavy atom. The summed E-state index contributed by atoms with van der Waals surface area (Å²) < 4.78 is 7.19. The second-order valence-corrected chi connectivity index (χ2v) is 7.83. The Morgan fingerprint density at radius 2 is 2.27 bits per heavy atom. The summed E-state index contributed by atoms with van der Waals surface area (Å²) in [5.41, 5.74) is 6.42. The zero-order chi connectivity index (χ0) is 18.7. The smallest absolute Gasteiger partial charge is 0.228 e. The van der Waals surface area contributed by atoms with Crippen LogP contribution in [0, 0.1) is 23.7 Å². The largest absolute Gasteiger partial charge is 0.463 e. The number of amides is 1. The van der Waals surface area contributed by atoms with E-state index in [4.69, 9.17) is 10.2 Å². The summed E-state index contributed by atoms with van der Waals surface area (Å²) in [6.45, 7) is 7.68. The van der Waals surface area contributed by atoms with E-state index in [1.165, 1.54) is 6.42 Å². The number of carbonyl (C=O) groups is 1. The van der Waals surface area contributed by atoms with E-state index in [1.807, 2.05) is 18.2 Å². The van der Waals surface area contributed by atoms with Crippen LogP contribution in [0.4, 0.5) is 5.82 Å². The quantitative estimate of drug-likeness (QED) is 0.823. The van der Waals surface area contributed by atoms with Crippen molar-refractivity contribution in [2.24, 2.45) is 29.4 Å². The van der Waals surface area contributed by atoms with Crippen LogP contribution >= 0.6 is 0 Å². The fourth-order valence-electron chi connectivity index (χ4n) is 4.08. The normalized spacial score (nSPS) is 23.3. The van der Waals surface area contributed by atoms with Crippen molar-refractivity contribution in [2.75, 3.05) is 11.9 Å². The van der Waals surface area contributed by atoms with Gasteiger partial charge in [-0.2, -0.15) is 5.10 Å². The van der Waals surface area contributed by atoms with Gasteiger partial charge in [-0.25, -0.2) is 4.68 Å². The Labute approximate surface area is 155 Å². The number of hydrogen-bond donors (Lipinski definition) is 2. The number of rotatable bonds is 6. The predicted octanol–water partition coefficient (Wildman–Crippen LogP) is 3.75. The van der Waals surface area contributed by atoms with Crippen molar-refractivity contribution in [3.05, 3.63) is 24.5 Å². The molecule has 0 aliphatic heterocycles. The van der Waals surface area contributed by atoms with E-state index >= 15 is 0 Å². The summed E-state index contributed by atoms with van der Waals surface area (Å²) >= 11 is 0. The summed E-state index contributed by atoms with van der Waals surface area (Å²) in [7, 11) is 0. The van der Waals surface area contributed by atoms with Crippen molar-refractivity contribution in [1.82, 2.24) is 9.78 Å². The Morgan fingerprint density at radius 1 is 1.46 bits per heavy atom. The van der Waals surface area contributed by atoms with Crippen LogP contribution in [0.1, 0.15) is 40.0 Å². The number of anilines is 1. The molecule has 0 unspecified atom stereocenters. The number of furan rings is 1. The predicted molar refractivity (Wildman–Crippen MR) is 102 cm³/mol. The van der Waals surface area contributed by atoms with Crippen molar-refractivity contribution in [2.45, 2.75) is 46.6 Å². The molecule has 3 atom stereocenters. The molecule has 2 aromatic rings. The lowest BCUT2D eigenvalue weighted by Crippen LogP contribution is -2.37. The van der Waals surface area contributed by atoms with Crippen LogP contribution in [0.25, 0.3) is 11.5 Å². The molecule has 6 nitrogen and oxygen atoms in total. The minimum absolute atomic E-state index is 0.0482. The second-order valence-electron chi connectivity index (χ2n) is 7.83. The summed E-state index contributed by atoms with van der Waals surface area (Å²) in [4.78, 5) is 13.1. The highest BCUT2D eigenvalue weighted by atomic mass is 16.3. The number of nitrogens with two attached hydrogens (primary N) is 1. The highest BCUT2D eigenvalue weighted by molar-refractivity contribution is 5.92. The molecule has 3 N–H and O–H groups in total. The summed E-state index contributed by atoms with van der Waals surface area (Å²) in [6.07, 6.45) is 4.90. The molecule has 2 aromatic heterocycles. The lowest BCUT2D eigenvalue weighted by Gasteiger charge is -2.36. The number of hydrogen-bond acceptors (Lipinski definition) is 4. The van der Waals surface area contributed by atoms with Crippen LogP contribution in [0.2, 0.25) is 0 Å². The van der Waals surface area contributed by atoms with E-state index in [-0.39, 0.29) is 11.8 Å². The monoisotopic (exact) mass is 358 g/mol. The molecule has 0 spiro atoms. The molecule has 6 heteroatoms. The van der Waals surface area contributed by atoms with Gasteiger partial charge in [0.25, 0.3) is 0 Å². The average molecular weight is 358 g/mol. The first kappa shape index (κ1) is 18.7. The van der Waals surface area contributed by atoms with Gasteiger partial charge in [0.15, 0.2) is 5.76 Å². The Bertz CT molecular complexity index is 720. The van der Waals surface area contributed by atoms with Gasteiger partial charge in [0.1, 0.15) is 11.5 Å². The number of aromatic nitrogens is 2. The Hall–Kier alpha value is -2.08. The highest BCUT2D eigenvalue weighted by Gasteiger charge is 2.35. The lowest BCUT2D eigenvalue weighted by atomic mass is 9.70. The van der Waals surface area contributed by atoms with E-state index in [2.05, 4.69) is 31.2 Å². The van der Waals surface area contributed by atoms with Crippen molar-refractivity contribution >= 4 is 11.7 Å². The third kappa shape index (κ3) is 4.01. The molecule has 0 saturated heterocycles. The molecule has 1 amide bonds. The molecule has 1 fully saturated rings. The van der Waals surface area contributed by atoms with Gasteiger partial charge < -0.3 is 15.5 Å². The number of nitrogens with one attached hydrogen (secondary N) is 1. The summed E-state index contributed by atoms with van der Waals surface area (Å²) in [6, 6.07) is 5.55. The van der Waals surface area contributed by atoms with Crippen LogP contribution in [-0.2, 0) is 11.3 Å². The topological polar surface area (TPSA) is 86.1 Å². The fourth-order valence-corrected chi connectivity index (χ4v) is 4.08. The number of nitrogens with zero attached hydrogens (tertiary/aromatic N) is 2. The maximum absolute atomic E-state index is 13.1. The minimum Gasteiger partial charge on any atom is -0.463 e. The highest BCUT2D eigenvalue weighted by Crippen LogP contribution is 2.38. The molecular weight excluding hydrogens is 328 g/mol. The second kappa shape index (κ2) is 8.08. The van der Waals surface area contributed by atoms with E-state index in [1.54, 1.807) is 10.9 Å². The Kier molecular flexibility index (Phi) is 5.81. The Balaban J connectivity index is 1.81. The van der Waals surface area contributed by atoms with Crippen LogP contribution < -0.4 is 11.1 Å². The fraction of sp³-hybridized carbons (Fsp3) is 0.600. The first-order chi connectivity index (χ1) is 12.5. The maximum atomic E-state index is 13.1. The van der Waals surface area contributed by atoms with Gasteiger partial charge in [-0.05, 0) is 42.7 Å². The molecule has 0 bridgehead atoms. The first-order valence-corrected chi connectivity index (χ1v) is 9.62. The van der Waals surface area contributed by atoms with Crippen LogP contribution in [0.3, 0.4) is 0 Å². The molecule has 0 aromatic carbocycles. The number of carbonyl (C=O) groups excluding carboxylic acids is 1. The van der Waals surface area contributed by atoms with Crippen molar-refractivity contribution in [3.8, 4) is 11.5 Å². The molecular formula is C20H30N4O2. The van der Waals surface area contributed by atoms with Gasteiger partial charge in [0.2, 0.25) is 5.91 Å². The zero-order valence-corrected chi connectivity index (χ0v) is 15.9. The molecule has 3 rings (SSSR count). The minimum atomic E-state index is 0.0482. The van der Waals surface area contributed by atoms with E-state index in [0.29, 0.717) is 48.1 Å². The van der Waals surface area contributed by atoms with Crippen LogP contribution in [0.5, 0.6) is 0 Å². The molecule has 2 heterocycles. The standard InChI is InChI=1S/C20H30N4O2/c1-13(2)15-7-6-14(3)11-16(15)20(25)22-19-12-17(18-5-4-10-26-18)23-24(19)9-8-21/h4-5,10,12-16H,6-9,11,21H2,1-3H3,(H,22,25)/t14-,15+,16-/m1/s1. The van der Waals surface area contributed by atoms with Crippen LogP contribution in [0.15, 0.2) is 28.9 Å². The van der Waals surface area contributed by atoms with Gasteiger partial charge >= 0.3 is 0 Å². The molecule has 1 aliphatic rings. The van der Waals surface area contributed by atoms with Crippen molar-refractivity contribution in [1.29, 1.82) is 0 Å². The summed E-state index contributed by atoms with van der Waals surface area (Å²) in [5.74, 6) is 3.04. The lowest BCUT2D eigenvalue weighted by molar-refractivity contribution is -0.124. The summed E-state index contributed by atoms with van der Waals surface area (Å²) in [5, 5.41) is 7.65. The van der Waals surface area contributed by atoms with Gasteiger partial charge in [-0.3, -0.25) is 4.79 Å². The van der Waals surface area contributed by atoms with E-state index < -0.39 is 0 Å². The van der Waals surface area contributed by atoms with Crippen LogP contribution in [-0.4, -0.2) is 22.2 Å². The zero-order valence-electron chi connectivity index (χ0n) is 15.9. The van der Waals surface area contributed by atoms with Gasteiger partial charge in [0.05, 0.1) is 12.8 Å². The molecule has 1 aliphatic carbocycles. The molecule has 26 heavy (non-hydrogen) atoms.